The van der Waals surface area contributed by atoms with Crippen LogP contribution in [0.25, 0.3) is 0 Å². The van der Waals surface area contributed by atoms with Gasteiger partial charge in [-0.15, -0.1) is 5.48 Å². The van der Waals surface area contributed by atoms with E-state index in [2.05, 4.69) is 5.48 Å². The van der Waals surface area contributed by atoms with Crippen molar-refractivity contribution in [2.45, 2.75) is 18.2 Å². The molecule has 6 nitrogen and oxygen atoms in total. The molecular formula is C19H17NO5+. The van der Waals surface area contributed by atoms with Crippen LogP contribution in [0.2, 0.25) is 0 Å². The van der Waals surface area contributed by atoms with Crippen LogP contribution in [0.5, 0.6) is 0 Å². The van der Waals surface area contributed by atoms with Gasteiger partial charge in [0.1, 0.15) is 11.6 Å². The largest absolute Gasteiger partial charge is 0.608 e. The van der Waals surface area contributed by atoms with Gasteiger partial charge in [-0.1, -0.05) is 42.5 Å². The fourth-order valence-corrected chi connectivity index (χ4v) is 2.43. The van der Waals surface area contributed by atoms with E-state index in [0.717, 1.165) is 0 Å². The van der Waals surface area contributed by atoms with Crippen LogP contribution >= 0.6 is 0 Å². The first-order valence-corrected chi connectivity index (χ1v) is 7.79. The van der Waals surface area contributed by atoms with Crippen molar-refractivity contribution < 1.29 is 24.3 Å². The molecule has 0 amide bonds. The van der Waals surface area contributed by atoms with Crippen molar-refractivity contribution in [2.75, 3.05) is 0 Å². The number of aliphatic hydroxyl groups is 1. The first-order valence-electron chi connectivity index (χ1n) is 7.79. The minimum atomic E-state index is -0.947. The maximum atomic E-state index is 12.1. The number of benzene rings is 2. The molecule has 0 unspecified atom stereocenters. The lowest BCUT2D eigenvalue weighted by atomic mass is 10.2. The standard InChI is InChI=1S/C19H17NO5/c21-15-11-12-16(24-18(22)13-7-3-1-4-8-13)17(15)20-25-19(23)14-9-5-2-6-10-14/h1-12,15-17,20-21H/q+1/t15-,16+,17+/m0/s1. The Balaban J connectivity index is 1.60. The SMILES string of the molecule is O=C(ON[C@@H]1[C@@H](O)C=C[C@H]1OC(=[O+])c1ccccc1)c1ccccc1. The summed E-state index contributed by atoms with van der Waals surface area (Å²) in [5.74, 6) is -1.11. The average molecular weight is 339 g/mol. The fourth-order valence-electron chi connectivity index (χ4n) is 2.43. The molecular weight excluding hydrogens is 322 g/mol. The highest BCUT2D eigenvalue weighted by Gasteiger charge is 2.40. The number of carbonyl (C=O) groups excluding carboxylic acids is 2. The second-order valence-electron chi connectivity index (χ2n) is 5.51. The number of rotatable bonds is 5. The molecule has 0 spiro atoms. The lowest BCUT2D eigenvalue weighted by Gasteiger charge is -2.18. The number of nitrogens with one attached hydrogen (secondary N) is 1. The molecule has 1 radical (unpaired) electrons. The minimum Gasteiger partial charge on any atom is -0.387 e. The van der Waals surface area contributed by atoms with Crippen molar-refractivity contribution in [3.05, 3.63) is 83.9 Å². The summed E-state index contributed by atoms with van der Waals surface area (Å²) in [5.41, 5.74) is 3.27. The zero-order valence-corrected chi connectivity index (χ0v) is 13.2. The first kappa shape index (κ1) is 16.9. The predicted molar refractivity (Wildman–Crippen MR) is 89.6 cm³/mol. The summed E-state index contributed by atoms with van der Waals surface area (Å²) in [4.78, 5) is 29.1. The third kappa shape index (κ3) is 4.12. The summed E-state index contributed by atoms with van der Waals surface area (Å²) >= 11 is 0. The highest BCUT2D eigenvalue weighted by atomic mass is 16.7. The third-order valence-corrected chi connectivity index (χ3v) is 3.77. The van der Waals surface area contributed by atoms with E-state index in [1.807, 2.05) is 0 Å². The molecule has 0 aromatic heterocycles. The number of esters is 1. The molecule has 2 aromatic carbocycles. The van der Waals surface area contributed by atoms with E-state index in [0.29, 0.717) is 11.1 Å². The molecule has 2 N–H and O–H groups in total. The minimum absolute atomic E-state index is 0.369. The zero-order valence-electron chi connectivity index (χ0n) is 13.2. The van der Waals surface area contributed by atoms with Gasteiger partial charge in [0.05, 0.1) is 16.5 Å². The molecule has 0 bridgehead atoms. The summed E-state index contributed by atoms with van der Waals surface area (Å²) in [6.45, 7) is 0. The van der Waals surface area contributed by atoms with E-state index in [1.54, 1.807) is 66.7 Å². The van der Waals surface area contributed by atoms with Crippen LogP contribution in [0, 0.1) is 0 Å². The Morgan fingerprint density at radius 3 is 2.20 bits per heavy atom. The lowest BCUT2D eigenvalue weighted by molar-refractivity contribution is -0.0260. The topological polar surface area (TPSA) is 87.7 Å². The molecule has 25 heavy (non-hydrogen) atoms. The summed E-state index contributed by atoms with van der Waals surface area (Å²) in [6, 6.07) is 16.2. The van der Waals surface area contributed by atoms with Crippen molar-refractivity contribution in [1.29, 1.82) is 0 Å². The van der Waals surface area contributed by atoms with Gasteiger partial charge < -0.3 is 14.7 Å². The number of aliphatic hydroxyl groups excluding tert-OH is 1. The van der Waals surface area contributed by atoms with Gasteiger partial charge in [0.2, 0.25) is 6.10 Å². The second kappa shape index (κ2) is 7.74. The number of hydrogen-bond donors (Lipinski definition) is 2. The molecule has 1 aliphatic rings. The highest BCUT2D eigenvalue weighted by molar-refractivity contribution is 5.90. The van der Waals surface area contributed by atoms with Gasteiger partial charge in [-0.2, -0.15) is 0 Å². The van der Waals surface area contributed by atoms with Crippen molar-refractivity contribution in [1.82, 2.24) is 5.48 Å². The van der Waals surface area contributed by atoms with Crippen LogP contribution < -0.4 is 5.48 Å². The van der Waals surface area contributed by atoms with E-state index < -0.39 is 30.2 Å². The Morgan fingerprint density at radius 1 is 0.960 bits per heavy atom. The van der Waals surface area contributed by atoms with E-state index in [-0.39, 0.29) is 0 Å². The molecule has 2 aromatic rings. The van der Waals surface area contributed by atoms with Crippen LogP contribution in [-0.4, -0.2) is 35.3 Å². The molecule has 0 fully saturated rings. The quantitative estimate of drug-likeness (QED) is 0.374. The Kier molecular flexibility index (Phi) is 5.23. The molecule has 127 valence electrons. The average Bonchev–Trinajstić information content (AvgIpc) is 3.00. The van der Waals surface area contributed by atoms with Gasteiger partial charge in [-0.05, 0) is 30.3 Å². The lowest BCUT2D eigenvalue weighted by Crippen LogP contribution is -2.46. The normalized spacial score (nSPS) is 21.7. The van der Waals surface area contributed by atoms with Gasteiger partial charge in [-0.25, -0.2) is 4.79 Å². The van der Waals surface area contributed by atoms with Crippen molar-refractivity contribution in [2.24, 2.45) is 0 Å². The van der Waals surface area contributed by atoms with E-state index in [4.69, 9.17) is 9.57 Å². The summed E-state index contributed by atoms with van der Waals surface area (Å²) in [5, 5.41) is 9.99. The van der Waals surface area contributed by atoms with E-state index in [1.165, 1.54) is 6.08 Å². The Hall–Kier alpha value is -2.96. The third-order valence-electron chi connectivity index (χ3n) is 3.77. The van der Waals surface area contributed by atoms with Gasteiger partial charge in [0.25, 0.3) is 0 Å². The van der Waals surface area contributed by atoms with Crippen molar-refractivity contribution in [3.63, 3.8) is 0 Å². The molecule has 3 atom stereocenters. The molecule has 0 saturated heterocycles. The molecule has 0 aliphatic heterocycles. The Bertz CT molecular complexity index is 760. The number of carbonyl (C=O) groups is 2. The van der Waals surface area contributed by atoms with Crippen LogP contribution in [0.15, 0.2) is 72.8 Å². The van der Waals surface area contributed by atoms with Crippen molar-refractivity contribution in [3.8, 4) is 0 Å². The molecule has 0 heterocycles. The number of hydroxylamine groups is 1. The smallest absolute Gasteiger partial charge is 0.387 e. The van der Waals surface area contributed by atoms with Gasteiger partial charge in [-0.3, -0.25) is 0 Å². The Morgan fingerprint density at radius 2 is 1.56 bits per heavy atom. The maximum absolute atomic E-state index is 12.1. The zero-order chi connectivity index (χ0) is 17.6. The predicted octanol–water partition coefficient (Wildman–Crippen LogP) is 1.87. The highest BCUT2D eigenvalue weighted by Crippen LogP contribution is 2.18. The van der Waals surface area contributed by atoms with Crippen LogP contribution in [0.1, 0.15) is 20.7 Å². The molecule has 1 aliphatic carbocycles. The Labute approximate surface area is 144 Å². The fraction of sp³-hybridized carbons (Fsp3) is 0.158. The first-order chi connectivity index (χ1) is 12.1. The molecule has 6 heteroatoms. The summed E-state index contributed by atoms with van der Waals surface area (Å²) < 4.78 is 5.38. The summed E-state index contributed by atoms with van der Waals surface area (Å²) in [6.07, 6.45) is 1.33. The van der Waals surface area contributed by atoms with Gasteiger partial charge >= 0.3 is 11.9 Å². The number of hydrogen-bond acceptors (Lipinski definition) is 6. The molecule has 3 rings (SSSR count). The summed E-state index contributed by atoms with van der Waals surface area (Å²) in [7, 11) is 0. The second-order valence-corrected chi connectivity index (χ2v) is 5.51. The number of ether oxygens (including phenoxy) is 1. The maximum Gasteiger partial charge on any atom is 0.608 e. The van der Waals surface area contributed by atoms with Crippen LogP contribution in [0.4, 0.5) is 0 Å². The molecule has 0 saturated carbocycles. The van der Waals surface area contributed by atoms with E-state index >= 15 is 0 Å². The van der Waals surface area contributed by atoms with Crippen molar-refractivity contribution >= 4 is 11.9 Å². The van der Waals surface area contributed by atoms with Crippen LogP contribution in [-0.2, 0) is 9.57 Å². The van der Waals surface area contributed by atoms with Crippen LogP contribution in [0.3, 0.4) is 0 Å². The monoisotopic (exact) mass is 339 g/mol. The van der Waals surface area contributed by atoms with Gasteiger partial charge in [0, 0.05) is 0 Å². The van der Waals surface area contributed by atoms with Gasteiger partial charge in [0.15, 0.2) is 0 Å². The van der Waals surface area contributed by atoms with E-state index in [9.17, 15) is 14.7 Å².